The summed E-state index contributed by atoms with van der Waals surface area (Å²) in [5.74, 6) is 3.71. The van der Waals surface area contributed by atoms with E-state index in [1.54, 1.807) is 0 Å². The molecule has 0 fully saturated rings. The van der Waals surface area contributed by atoms with Crippen LogP contribution in [0, 0.1) is 38.5 Å². The van der Waals surface area contributed by atoms with Crippen molar-refractivity contribution in [3.05, 3.63) is 58.1 Å². The standard InChI is InChI=1S/C38H59NO3/c1-26(2)15-12-16-27(3)17-13-18-28(4)19-14-23-38(8)24-22-33-31(7)35(29(5)30(6)36(33)42-38)41-37(40)34(39)25-32-20-10-9-11-21-32/h9-11,20-21,26-28,34H,12-19,22-25,39H2,1-8H3/t27-,28-,34?,38-/m1/s1. The molecule has 42 heavy (non-hydrogen) atoms. The molecular weight excluding hydrogens is 518 g/mol. The quantitative estimate of drug-likeness (QED) is 0.159. The molecule has 3 rings (SSSR count). The van der Waals surface area contributed by atoms with Gasteiger partial charge < -0.3 is 15.2 Å². The Bertz CT molecular complexity index is 1140. The highest BCUT2D eigenvalue weighted by Crippen LogP contribution is 2.45. The molecule has 1 heterocycles. The molecule has 4 atom stereocenters. The second kappa shape index (κ2) is 15.9. The van der Waals surface area contributed by atoms with Crippen molar-refractivity contribution in [3.8, 4) is 11.5 Å². The molecule has 1 aliphatic rings. The average molecular weight is 578 g/mol. The number of benzene rings is 2. The Balaban J connectivity index is 1.51. The third-order valence-electron chi connectivity index (χ3n) is 9.64. The molecule has 1 aliphatic heterocycles. The van der Waals surface area contributed by atoms with Crippen LogP contribution in [0.2, 0.25) is 0 Å². The average Bonchev–Trinajstić information content (AvgIpc) is 2.94. The molecule has 4 heteroatoms. The van der Waals surface area contributed by atoms with Crippen molar-refractivity contribution < 1.29 is 14.3 Å². The monoisotopic (exact) mass is 577 g/mol. The van der Waals surface area contributed by atoms with E-state index in [-0.39, 0.29) is 11.6 Å². The second-order valence-corrected chi connectivity index (χ2v) is 14.1. The van der Waals surface area contributed by atoms with Crippen LogP contribution in [0.15, 0.2) is 30.3 Å². The van der Waals surface area contributed by atoms with Crippen molar-refractivity contribution >= 4 is 5.97 Å². The van der Waals surface area contributed by atoms with Gasteiger partial charge in [0.25, 0.3) is 0 Å². The maximum absolute atomic E-state index is 13.0. The molecule has 2 N–H and O–H groups in total. The molecule has 0 bridgehead atoms. The molecular formula is C38H59NO3. The van der Waals surface area contributed by atoms with Gasteiger partial charge in [-0.2, -0.15) is 0 Å². The first kappa shape index (κ1) is 34.2. The number of rotatable bonds is 16. The molecule has 1 unspecified atom stereocenters. The molecule has 2 aromatic rings. The number of ether oxygens (including phenoxy) is 2. The van der Waals surface area contributed by atoms with E-state index in [9.17, 15) is 4.79 Å². The predicted octanol–water partition coefficient (Wildman–Crippen LogP) is 9.61. The van der Waals surface area contributed by atoms with Crippen molar-refractivity contribution in [2.45, 2.75) is 144 Å². The second-order valence-electron chi connectivity index (χ2n) is 14.1. The topological polar surface area (TPSA) is 61.5 Å². The molecule has 234 valence electrons. The summed E-state index contributed by atoms with van der Waals surface area (Å²) in [7, 11) is 0. The van der Waals surface area contributed by atoms with Gasteiger partial charge in [0.15, 0.2) is 0 Å². The van der Waals surface area contributed by atoms with Crippen LogP contribution in [-0.4, -0.2) is 17.6 Å². The zero-order valence-corrected chi connectivity index (χ0v) is 28.0. The van der Waals surface area contributed by atoms with E-state index in [0.717, 1.165) is 65.0 Å². The summed E-state index contributed by atoms with van der Waals surface area (Å²) in [5.41, 5.74) is 11.3. The van der Waals surface area contributed by atoms with E-state index in [1.165, 1.54) is 56.9 Å². The Hall–Kier alpha value is -2.33. The van der Waals surface area contributed by atoms with E-state index < -0.39 is 6.04 Å². The molecule has 4 nitrogen and oxygen atoms in total. The number of carbonyl (C=O) groups excluding carboxylic acids is 1. The molecule has 2 aromatic carbocycles. The van der Waals surface area contributed by atoms with Crippen molar-refractivity contribution in [2.24, 2.45) is 23.5 Å². The zero-order valence-electron chi connectivity index (χ0n) is 28.0. The lowest BCUT2D eigenvalue weighted by Gasteiger charge is -2.38. The van der Waals surface area contributed by atoms with Gasteiger partial charge in [0.2, 0.25) is 0 Å². The van der Waals surface area contributed by atoms with Crippen LogP contribution in [0.5, 0.6) is 11.5 Å². The first-order valence-electron chi connectivity index (χ1n) is 16.7. The van der Waals surface area contributed by atoms with Crippen LogP contribution in [0.4, 0.5) is 0 Å². The lowest BCUT2D eigenvalue weighted by Crippen LogP contribution is -2.38. The lowest BCUT2D eigenvalue weighted by molar-refractivity contribution is -0.135. The van der Waals surface area contributed by atoms with E-state index in [1.807, 2.05) is 37.3 Å². The van der Waals surface area contributed by atoms with Gasteiger partial charge >= 0.3 is 5.97 Å². The first-order valence-corrected chi connectivity index (χ1v) is 16.7. The molecule has 0 radical (unpaired) electrons. The summed E-state index contributed by atoms with van der Waals surface area (Å²) in [6.45, 7) is 18.0. The van der Waals surface area contributed by atoms with E-state index >= 15 is 0 Å². The highest BCUT2D eigenvalue weighted by atomic mass is 16.5. The number of nitrogens with two attached hydrogens (primary N) is 1. The van der Waals surface area contributed by atoms with Gasteiger partial charge in [-0.05, 0) is 99.8 Å². The van der Waals surface area contributed by atoms with E-state index in [2.05, 4.69) is 48.5 Å². The minimum absolute atomic E-state index is 0.155. The third-order valence-corrected chi connectivity index (χ3v) is 9.64. The summed E-state index contributed by atoms with van der Waals surface area (Å²) in [6, 6.07) is 9.14. The Labute approximate surface area is 257 Å². The first-order chi connectivity index (χ1) is 19.9. The fraction of sp³-hybridized carbons (Fsp3) is 0.658. The largest absolute Gasteiger partial charge is 0.487 e. The van der Waals surface area contributed by atoms with Gasteiger partial charge in [-0.25, -0.2) is 4.79 Å². The Kier molecular flexibility index (Phi) is 13.0. The smallest absolute Gasteiger partial charge is 0.328 e. The summed E-state index contributed by atoms with van der Waals surface area (Å²) < 4.78 is 12.7. The van der Waals surface area contributed by atoms with Gasteiger partial charge in [0.1, 0.15) is 23.1 Å². The maximum atomic E-state index is 13.0. The molecule has 0 saturated heterocycles. The van der Waals surface area contributed by atoms with Crippen molar-refractivity contribution in [1.29, 1.82) is 0 Å². The number of esters is 1. The van der Waals surface area contributed by atoms with E-state index in [0.29, 0.717) is 12.2 Å². The van der Waals surface area contributed by atoms with Crippen LogP contribution < -0.4 is 15.2 Å². The van der Waals surface area contributed by atoms with Gasteiger partial charge in [-0.1, -0.05) is 103 Å². The Morgan fingerprint density at radius 1 is 0.881 bits per heavy atom. The number of fused-ring (bicyclic) bond motifs is 1. The zero-order chi connectivity index (χ0) is 30.9. The predicted molar refractivity (Wildman–Crippen MR) is 176 cm³/mol. The maximum Gasteiger partial charge on any atom is 0.328 e. The summed E-state index contributed by atoms with van der Waals surface area (Å²) in [4.78, 5) is 13.0. The van der Waals surface area contributed by atoms with Gasteiger partial charge in [-0.3, -0.25) is 0 Å². The Morgan fingerprint density at radius 3 is 2.10 bits per heavy atom. The molecule has 0 spiro atoms. The van der Waals surface area contributed by atoms with Gasteiger partial charge in [-0.15, -0.1) is 0 Å². The molecule has 0 aliphatic carbocycles. The van der Waals surface area contributed by atoms with E-state index in [4.69, 9.17) is 15.2 Å². The van der Waals surface area contributed by atoms with Gasteiger partial charge in [0.05, 0.1) is 0 Å². The minimum atomic E-state index is -0.706. The van der Waals surface area contributed by atoms with Crippen LogP contribution in [0.1, 0.15) is 127 Å². The van der Waals surface area contributed by atoms with Crippen molar-refractivity contribution in [1.82, 2.24) is 0 Å². The minimum Gasteiger partial charge on any atom is -0.487 e. The Morgan fingerprint density at radius 2 is 1.48 bits per heavy atom. The molecule has 0 amide bonds. The number of hydrogen-bond donors (Lipinski definition) is 1. The van der Waals surface area contributed by atoms with Crippen molar-refractivity contribution in [3.63, 3.8) is 0 Å². The highest BCUT2D eigenvalue weighted by molar-refractivity contribution is 5.79. The lowest BCUT2D eigenvalue weighted by atomic mass is 9.83. The highest BCUT2D eigenvalue weighted by Gasteiger charge is 2.35. The SMILES string of the molecule is Cc1c(C)c2c(c(C)c1OC(=O)C(N)Cc1ccccc1)CC[C@@](C)(CCC[C@H](C)CCC[C@H](C)CCCC(C)C)O2. The summed E-state index contributed by atoms with van der Waals surface area (Å²) in [6.07, 6.45) is 14.1. The van der Waals surface area contributed by atoms with Crippen LogP contribution in [0.3, 0.4) is 0 Å². The molecule has 0 aromatic heterocycles. The third kappa shape index (κ3) is 9.86. The molecule has 0 saturated carbocycles. The van der Waals surface area contributed by atoms with Crippen LogP contribution >= 0.6 is 0 Å². The number of carbonyl (C=O) groups is 1. The fourth-order valence-electron chi connectivity index (χ4n) is 6.54. The normalized spacial score (nSPS) is 18.7. The fourth-order valence-corrected chi connectivity index (χ4v) is 6.54. The summed E-state index contributed by atoms with van der Waals surface area (Å²) in [5, 5.41) is 0. The van der Waals surface area contributed by atoms with Gasteiger partial charge in [0, 0.05) is 5.56 Å². The van der Waals surface area contributed by atoms with Crippen molar-refractivity contribution in [2.75, 3.05) is 0 Å². The summed E-state index contributed by atoms with van der Waals surface area (Å²) >= 11 is 0. The van der Waals surface area contributed by atoms with Crippen LogP contribution in [0.25, 0.3) is 0 Å². The number of hydrogen-bond acceptors (Lipinski definition) is 4. The van der Waals surface area contributed by atoms with Crippen LogP contribution in [-0.2, 0) is 17.6 Å².